The van der Waals surface area contributed by atoms with E-state index < -0.39 is 59.2 Å². The van der Waals surface area contributed by atoms with Crippen LogP contribution in [0, 0.1) is 0 Å². The number of ether oxygens (including phenoxy) is 3. The van der Waals surface area contributed by atoms with Gasteiger partial charge in [-0.05, 0) is 110 Å². The van der Waals surface area contributed by atoms with E-state index in [-0.39, 0.29) is 42.3 Å². The monoisotopic (exact) mass is 825 g/mol. The van der Waals surface area contributed by atoms with Crippen molar-refractivity contribution >= 4 is 46.9 Å². The lowest BCUT2D eigenvalue weighted by Crippen LogP contribution is -2.52. The van der Waals surface area contributed by atoms with Gasteiger partial charge in [0.25, 0.3) is 0 Å². The normalized spacial score (nSPS) is 16.0. The average Bonchev–Trinajstić information content (AvgIpc) is 3.48. The van der Waals surface area contributed by atoms with Crippen LogP contribution in [0.5, 0.6) is 5.75 Å². The fourth-order valence-corrected chi connectivity index (χ4v) is 6.97. The van der Waals surface area contributed by atoms with Gasteiger partial charge in [0.15, 0.2) is 5.82 Å². The number of carbonyl (C=O) groups is 4. The van der Waals surface area contributed by atoms with Gasteiger partial charge in [-0.15, -0.1) is 0 Å². The number of halogens is 3. The van der Waals surface area contributed by atoms with E-state index in [1.54, 1.807) is 59.3 Å². The van der Waals surface area contributed by atoms with Gasteiger partial charge in [-0.1, -0.05) is 6.92 Å². The van der Waals surface area contributed by atoms with Crippen LogP contribution in [0.2, 0.25) is 0 Å². The summed E-state index contributed by atoms with van der Waals surface area (Å²) in [6, 6.07) is 7.13. The van der Waals surface area contributed by atoms with Crippen LogP contribution in [0.4, 0.5) is 39.3 Å². The number of aromatic nitrogens is 4. The van der Waals surface area contributed by atoms with Crippen LogP contribution in [-0.4, -0.2) is 84.3 Å². The summed E-state index contributed by atoms with van der Waals surface area (Å²) >= 11 is 0. The van der Waals surface area contributed by atoms with E-state index in [0.29, 0.717) is 41.4 Å². The number of hydrogen-bond donors (Lipinski definition) is 2. The lowest BCUT2D eigenvalue weighted by Gasteiger charge is -2.38. The number of aryl methyl sites for hydroxylation is 2. The van der Waals surface area contributed by atoms with Crippen molar-refractivity contribution in [2.24, 2.45) is 7.05 Å². The molecule has 1 fully saturated rings. The van der Waals surface area contributed by atoms with Crippen molar-refractivity contribution < 1.29 is 51.7 Å². The van der Waals surface area contributed by atoms with E-state index in [2.05, 4.69) is 15.4 Å². The van der Waals surface area contributed by atoms with Crippen LogP contribution in [-0.2, 0) is 40.3 Å². The number of alkyl halides is 3. The Morgan fingerprint density at radius 2 is 1.51 bits per heavy atom. The molecule has 1 saturated carbocycles. The van der Waals surface area contributed by atoms with Gasteiger partial charge in [0.05, 0.1) is 30.3 Å². The Kier molecular flexibility index (Phi) is 12.8. The second kappa shape index (κ2) is 17.1. The molecule has 0 saturated heterocycles. The number of methoxy groups -OCH3 is 1. The van der Waals surface area contributed by atoms with Crippen LogP contribution < -0.4 is 15.0 Å². The number of hydrogen-bond acceptors (Lipinski definition) is 10. The number of anilines is 2. The topological polar surface area (TPSA) is 178 Å². The molecule has 2 aromatic carbocycles. The summed E-state index contributed by atoms with van der Waals surface area (Å²) in [5.41, 5.74) is 0.0569. The van der Waals surface area contributed by atoms with Crippen molar-refractivity contribution in [1.82, 2.24) is 24.6 Å². The van der Waals surface area contributed by atoms with E-state index in [0.717, 1.165) is 27.5 Å². The molecule has 18 heteroatoms. The van der Waals surface area contributed by atoms with Crippen LogP contribution >= 0.6 is 0 Å². The molecule has 0 unspecified atom stereocenters. The van der Waals surface area contributed by atoms with Gasteiger partial charge < -0.3 is 24.6 Å². The Bertz CT molecular complexity index is 2190. The molecule has 2 N–H and O–H groups in total. The first-order chi connectivity index (χ1) is 27.5. The fraction of sp³-hybridized carbons (Fsp3) is 0.488. The molecule has 2 heterocycles. The van der Waals surface area contributed by atoms with Crippen molar-refractivity contribution in [2.45, 2.75) is 116 Å². The van der Waals surface area contributed by atoms with Crippen LogP contribution in [0.25, 0.3) is 22.2 Å². The van der Waals surface area contributed by atoms with E-state index >= 15 is 0 Å². The molecule has 15 nitrogen and oxygen atoms in total. The zero-order valence-corrected chi connectivity index (χ0v) is 34.6. The molecular formula is C41H50F3N7O8. The van der Waals surface area contributed by atoms with Crippen LogP contribution in [0.1, 0.15) is 90.8 Å². The maximum atomic E-state index is 13.3. The average molecular weight is 826 g/mol. The Morgan fingerprint density at radius 3 is 2.05 bits per heavy atom. The summed E-state index contributed by atoms with van der Waals surface area (Å²) in [5.74, 6) is -0.296. The first kappa shape index (κ1) is 44.2. The van der Waals surface area contributed by atoms with E-state index in [1.165, 1.54) is 19.4 Å². The number of rotatable bonds is 9. The van der Waals surface area contributed by atoms with Crippen LogP contribution in [0.3, 0.4) is 0 Å². The molecule has 0 aliphatic heterocycles. The predicted octanol–water partition coefficient (Wildman–Crippen LogP) is 8.77. The first-order valence-electron chi connectivity index (χ1n) is 19.1. The minimum atomic E-state index is -4.59. The van der Waals surface area contributed by atoms with Crippen molar-refractivity contribution in [3.8, 4) is 17.0 Å². The zero-order valence-electron chi connectivity index (χ0n) is 34.6. The molecule has 1 aliphatic rings. The van der Waals surface area contributed by atoms with Gasteiger partial charge in [-0.2, -0.15) is 18.3 Å². The number of amides is 4. The maximum Gasteiger partial charge on any atom is 0.420 e. The number of imide groups is 1. The van der Waals surface area contributed by atoms with Crippen LogP contribution in [0.15, 0.2) is 42.6 Å². The molecule has 0 radical (unpaired) electrons. The van der Waals surface area contributed by atoms with Crippen molar-refractivity contribution in [2.75, 3.05) is 17.3 Å². The number of carboxylic acid groups (broad SMARTS) is 1. The molecule has 0 spiro atoms. The SMILES string of the molecule is CCc1cc(-c2cc(NC(=O)Cc3cc(C(F)(F)F)ccc3OC)nn2C)cc2cnc(N(C(=O)O)[C@H]3CC[C@H](N(C(=O)OC(C)(C)C)C(=O)OC(C)(C)C)CC3)nc12. The lowest BCUT2D eigenvalue weighted by atomic mass is 9.89. The highest BCUT2D eigenvalue weighted by Crippen LogP contribution is 2.35. The second-order valence-electron chi connectivity index (χ2n) is 16.3. The van der Waals surface area contributed by atoms with Gasteiger partial charge in [0, 0.05) is 47.9 Å². The Morgan fingerprint density at radius 1 is 0.898 bits per heavy atom. The van der Waals surface area contributed by atoms with E-state index in [4.69, 9.17) is 19.2 Å². The van der Waals surface area contributed by atoms with Gasteiger partial charge >= 0.3 is 24.5 Å². The number of fused-ring (bicyclic) bond motifs is 1. The fourth-order valence-electron chi connectivity index (χ4n) is 6.97. The third kappa shape index (κ3) is 10.8. The van der Waals surface area contributed by atoms with Crippen molar-refractivity contribution in [3.63, 3.8) is 0 Å². The summed E-state index contributed by atoms with van der Waals surface area (Å²) in [6.45, 7) is 12.1. The second-order valence-corrected chi connectivity index (χ2v) is 16.3. The van der Waals surface area contributed by atoms with Crippen molar-refractivity contribution in [1.29, 1.82) is 0 Å². The highest BCUT2D eigenvalue weighted by atomic mass is 19.4. The summed E-state index contributed by atoms with van der Waals surface area (Å²) in [4.78, 5) is 63.5. The molecule has 59 heavy (non-hydrogen) atoms. The minimum absolute atomic E-state index is 0.0185. The van der Waals surface area contributed by atoms with Gasteiger partial charge in [-0.25, -0.2) is 34.2 Å². The smallest absolute Gasteiger partial charge is 0.420 e. The van der Waals surface area contributed by atoms with E-state index in [9.17, 15) is 37.5 Å². The Hall–Kier alpha value is -5.94. The third-order valence-corrected chi connectivity index (χ3v) is 9.53. The summed E-state index contributed by atoms with van der Waals surface area (Å²) in [5, 5.41) is 18.1. The molecule has 0 atom stereocenters. The third-order valence-electron chi connectivity index (χ3n) is 9.53. The van der Waals surface area contributed by atoms with Crippen molar-refractivity contribution in [3.05, 3.63) is 59.3 Å². The van der Waals surface area contributed by atoms with Gasteiger partial charge in [0.2, 0.25) is 11.9 Å². The van der Waals surface area contributed by atoms with E-state index in [1.807, 2.05) is 19.1 Å². The lowest BCUT2D eigenvalue weighted by molar-refractivity contribution is -0.137. The first-order valence-corrected chi connectivity index (χ1v) is 19.1. The number of benzene rings is 2. The molecule has 1 aliphatic carbocycles. The molecule has 0 bridgehead atoms. The molecule has 5 rings (SSSR count). The summed E-state index contributed by atoms with van der Waals surface area (Å²) in [6.07, 6.45) is -4.68. The summed E-state index contributed by atoms with van der Waals surface area (Å²) in [7, 11) is 2.99. The summed E-state index contributed by atoms with van der Waals surface area (Å²) < 4.78 is 57.8. The molecule has 4 amide bonds. The maximum absolute atomic E-state index is 13.3. The molecular weight excluding hydrogens is 775 g/mol. The minimum Gasteiger partial charge on any atom is -0.496 e. The van der Waals surface area contributed by atoms with Gasteiger partial charge in [-0.3, -0.25) is 9.48 Å². The predicted molar refractivity (Wildman–Crippen MR) is 212 cm³/mol. The molecule has 4 aromatic rings. The Balaban J connectivity index is 1.35. The molecule has 2 aromatic heterocycles. The number of nitrogens with one attached hydrogen (secondary N) is 1. The Labute approximate surface area is 339 Å². The largest absolute Gasteiger partial charge is 0.496 e. The standard InChI is InChI=1S/C41H50F3N7O8/c1-10-23-17-24(30-21-32(48-49(30)8)46-33(52)20-25-19-27(41(42,43)44)11-16-31(25)57-9)18-26-22-45-35(47-34(23)26)50(36(53)54)28-12-14-29(15-13-28)51(37(55)58-39(2,3)4)38(56)59-40(5,6)7/h11,16-19,21-22,28-29H,10,12-15,20H2,1-9H3,(H,53,54)(H,46,48,52)/t28-,29-. The van der Waals surface area contributed by atoms with Gasteiger partial charge in [0.1, 0.15) is 17.0 Å². The molecule has 318 valence electrons. The zero-order chi connectivity index (χ0) is 43.6. The number of carbonyl (C=O) groups excluding carboxylic acids is 3. The quantitative estimate of drug-likeness (QED) is 0.165. The number of nitrogens with zero attached hydrogens (tertiary/aromatic N) is 6. The highest BCUT2D eigenvalue weighted by molar-refractivity contribution is 5.93. The highest BCUT2D eigenvalue weighted by Gasteiger charge is 2.41.